The number of pyridine rings is 1. The van der Waals surface area contributed by atoms with Crippen molar-refractivity contribution in [2.75, 3.05) is 4.90 Å². The summed E-state index contributed by atoms with van der Waals surface area (Å²) in [4.78, 5) is 26.2. The number of halogens is 1. The van der Waals surface area contributed by atoms with Crippen LogP contribution in [0.25, 0.3) is 0 Å². The van der Waals surface area contributed by atoms with Crippen molar-refractivity contribution in [1.82, 2.24) is 0 Å². The van der Waals surface area contributed by atoms with Crippen LogP contribution in [0.5, 0.6) is 0 Å². The predicted molar refractivity (Wildman–Crippen MR) is 67.7 cm³/mol. The molecule has 0 saturated carbocycles. The van der Waals surface area contributed by atoms with Gasteiger partial charge in [-0.15, -0.1) is 4.91 Å². The van der Waals surface area contributed by atoms with E-state index in [1.165, 1.54) is 43.5 Å². The molecule has 1 aromatic heterocycles. The van der Waals surface area contributed by atoms with Crippen LogP contribution >= 0.6 is 0 Å². The fourth-order valence-corrected chi connectivity index (χ4v) is 1.73. The summed E-state index contributed by atoms with van der Waals surface area (Å²) in [5, 5.41) is 2.79. The van der Waals surface area contributed by atoms with Gasteiger partial charge in [-0.3, -0.25) is 0 Å². The van der Waals surface area contributed by atoms with Crippen LogP contribution in [-0.4, -0.2) is 5.91 Å². The lowest BCUT2D eigenvalue weighted by molar-refractivity contribution is -0.362. The Morgan fingerprint density at radius 3 is 2.68 bits per heavy atom. The standard InChI is InChI=1S/C13H10FN3O2/c1-9(18)17(12-5-3-2-4-11(12)14)13-8-10(16-19)6-7-15-13/h2-8H,1H3/p+1. The molecular weight excluding hydrogens is 249 g/mol. The van der Waals surface area contributed by atoms with Crippen molar-refractivity contribution in [3.8, 4) is 0 Å². The highest BCUT2D eigenvalue weighted by Crippen LogP contribution is 2.26. The molecule has 0 aliphatic heterocycles. The van der Waals surface area contributed by atoms with Crippen molar-refractivity contribution in [3.63, 3.8) is 0 Å². The first-order valence-corrected chi connectivity index (χ1v) is 5.54. The molecule has 2 aromatic rings. The van der Waals surface area contributed by atoms with Gasteiger partial charge in [-0.05, 0) is 17.3 Å². The van der Waals surface area contributed by atoms with Gasteiger partial charge in [0.2, 0.25) is 0 Å². The molecule has 1 aromatic carbocycles. The molecule has 6 heteroatoms. The van der Waals surface area contributed by atoms with Crippen LogP contribution in [-0.2, 0) is 4.79 Å². The first-order chi connectivity index (χ1) is 9.13. The third-order valence-electron chi connectivity index (χ3n) is 2.52. The number of carbonyl (C=O) groups excluding carboxylic acids is 1. The number of H-pyrrole nitrogens is 1. The van der Waals surface area contributed by atoms with Crippen molar-refractivity contribution in [1.29, 1.82) is 0 Å². The number of aromatic amines is 1. The van der Waals surface area contributed by atoms with E-state index in [0.29, 0.717) is 0 Å². The van der Waals surface area contributed by atoms with Crippen LogP contribution in [0, 0.1) is 10.7 Å². The highest BCUT2D eigenvalue weighted by molar-refractivity contribution is 5.97. The second-order valence-corrected chi connectivity index (χ2v) is 3.83. The molecular formula is C13H11FN3O2+. The first-order valence-electron chi connectivity index (χ1n) is 5.54. The molecule has 96 valence electrons. The summed E-state index contributed by atoms with van der Waals surface area (Å²) in [5.41, 5.74) is 0.255. The van der Waals surface area contributed by atoms with Crippen LogP contribution in [0.2, 0.25) is 0 Å². The van der Waals surface area contributed by atoms with Gasteiger partial charge in [0.25, 0.3) is 5.82 Å². The summed E-state index contributed by atoms with van der Waals surface area (Å²) in [6.45, 7) is 1.31. The molecule has 0 radical (unpaired) electrons. The first kappa shape index (κ1) is 12.8. The molecule has 1 heterocycles. The Hall–Kier alpha value is -2.63. The molecule has 0 atom stereocenters. The maximum Gasteiger partial charge on any atom is 0.311 e. The van der Waals surface area contributed by atoms with Crippen molar-refractivity contribution in [3.05, 3.63) is 53.3 Å². The molecule has 0 aliphatic carbocycles. The summed E-state index contributed by atoms with van der Waals surface area (Å²) in [6.07, 6.45) is 1.46. The number of benzene rings is 1. The van der Waals surface area contributed by atoms with Crippen LogP contribution in [0.3, 0.4) is 0 Å². The number of amides is 1. The van der Waals surface area contributed by atoms with Gasteiger partial charge < -0.3 is 0 Å². The van der Waals surface area contributed by atoms with Gasteiger partial charge in [0.05, 0.1) is 12.3 Å². The smallest absolute Gasteiger partial charge is 0.247 e. The number of nitrogens with zero attached hydrogens (tertiary/aromatic N) is 2. The highest BCUT2D eigenvalue weighted by atomic mass is 19.1. The summed E-state index contributed by atoms with van der Waals surface area (Å²) in [6, 6.07) is 8.72. The zero-order valence-electron chi connectivity index (χ0n) is 10.1. The molecule has 1 N–H and O–H groups in total. The second kappa shape index (κ2) is 5.34. The third kappa shape index (κ3) is 2.62. The highest BCUT2D eigenvalue weighted by Gasteiger charge is 2.26. The number of para-hydroxylation sites is 1. The molecule has 19 heavy (non-hydrogen) atoms. The average molecular weight is 260 g/mol. The molecule has 5 nitrogen and oxygen atoms in total. The van der Waals surface area contributed by atoms with Gasteiger partial charge in [0.15, 0.2) is 11.5 Å². The topological polar surface area (TPSA) is 63.9 Å². The number of hydrogen-bond acceptors (Lipinski definition) is 3. The summed E-state index contributed by atoms with van der Waals surface area (Å²) in [5.74, 6) is -0.644. The third-order valence-corrected chi connectivity index (χ3v) is 2.52. The van der Waals surface area contributed by atoms with Crippen LogP contribution in [0.4, 0.5) is 21.6 Å². The van der Waals surface area contributed by atoms with E-state index in [0.717, 1.165) is 4.90 Å². The Balaban J connectivity index is 2.55. The maximum atomic E-state index is 13.8. The SMILES string of the molecule is CC(=O)N(c1cc(N=O)cc[nH+]1)c1ccccc1F. The minimum absolute atomic E-state index is 0.106. The summed E-state index contributed by atoms with van der Waals surface area (Å²) < 4.78 is 13.8. The lowest BCUT2D eigenvalue weighted by atomic mass is 10.2. The van der Waals surface area contributed by atoms with E-state index in [1.807, 2.05) is 0 Å². The molecule has 0 fully saturated rings. The van der Waals surface area contributed by atoms with Crippen LogP contribution in [0.15, 0.2) is 47.8 Å². The van der Waals surface area contributed by atoms with Gasteiger partial charge in [0.1, 0.15) is 5.69 Å². The Bertz CT molecular complexity index is 631. The monoisotopic (exact) mass is 260 g/mol. The normalized spacial score (nSPS) is 10.0. The largest absolute Gasteiger partial charge is 0.311 e. The Morgan fingerprint density at radius 2 is 2.05 bits per heavy atom. The van der Waals surface area contributed by atoms with Gasteiger partial charge >= 0.3 is 5.91 Å². The van der Waals surface area contributed by atoms with Gasteiger partial charge in [-0.2, -0.15) is 4.90 Å². The minimum atomic E-state index is -0.532. The fraction of sp³-hybridized carbons (Fsp3) is 0.0769. The number of nitroso groups, excluding NO2 is 1. The van der Waals surface area contributed by atoms with Gasteiger partial charge in [0, 0.05) is 13.0 Å². The van der Waals surface area contributed by atoms with E-state index in [4.69, 9.17) is 0 Å². The molecule has 2 rings (SSSR count). The second-order valence-electron chi connectivity index (χ2n) is 3.83. The molecule has 0 unspecified atom stereocenters. The number of aromatic nitrogens is 1. The van der Waals surface area contributed by atoms with Crippen molar-refractivity contribution < 1.29 is 14.2 Å². The maximum absolute atomic E-state index is 13.8. The zero-order chi connectivity index (χ0) is 13.8. The minimum Gasteiger partial charge on any atom is -0.247 e. The summed E-state index contributed by atoms with van der Waals surface area (Å²) >= 11 is 0. The predicted octanol–water partition coefficient (Wildman–Crippen LogP) is 2.72. The molecule has 0 bridgehead atoms. The van der Waals surface area contributed by atoms with Gasteiger partial charge in [-0.1, -0.05) is 12.1 Å². The van der Waals surface area contributed by atoms with Crippen molar-refractivity contribution in [2.24, 2.45) is 5.18 Å². The Kier molecular flexibility index (Phi) is 3.61. The Labute approximate surface area is 108 Å². The number of anilines is 2. The average Bonchev–Trinajstić information content (AvgIpc) is 2.41. The number of carbonyl (C=O) groups is 1. The number of hydrogen-bond donors (Lipinski definition) is 0. The molecule has 0 aliphatic rings. The fourth-order valence-electron chi connectivity index (χ4n) is 1.73. The quantitative estimate of drug-likeness (QED) is 0.796. The van der Waals surface area contributed by atoms with E-state index in [9.17, 15) is 14.1 Å². The molecule has 1 amide bonds. The summed E-state index contributed by atoms with van der Waals surface area (Å²) in [7, 11) is 0. The Morgan fingerprint density at radius 1 is 1.32 bits per heavy atom. The van der Waals surface area contributed by atoms with E-state index in [2.05, 4.69) is 10.2 Å². The zero-order valence-corrected chi connectivity index (χ0v) is 10.1. The lowest BCUT2D eigenvalue weighted by Gasteiger charge is -2.12. The van der Waals surface area contributed by atoms with E-state index >= 15 is 0 Å². The van der Waals surface area contributed by atoms with Gasteiger partial charge in [-0.25, -0.2) is 14.2 Å². The van der Waals surface area contributed by atoms with Crippen LogP contribution < -0.4 is 9.88 Å². The van der Waals surface area contributed by atoms with Crippen molar-refractivity contribution >= 4 is 23.1 Å². The van der Waals surface area contributed by atoms with Crippen molar-refractivity contribution in [2.45, 2.75) is 6.92 Å². The van der Waals surface area contributed by atoms with E-state index < -0.39 is 5.82 Å². The lowest BCUT2D eigenvalue weighted by Crippen LogP contribution is -2.29. The van der Waals surface area contributed by atoms with E-state index in [-0.39, 0.29) is 23.1 Å². The number of nitrogens with one attached hydrogen (secondary N) is 1. The molecule has 0 saturated heterocycles. The number of rotatable bonds is 3. The van der Waals surface area contributed by atoms with Crippen LogP contribution in [0.1, 0.15) is 6.92 Å². The molecule has 0 spiro atoms. The van der Waals surface area contributed by atoms with E-state index in [1.54, 1.807) is 6.07 Å².